The summed E-state index contributed by atoms with van der Waals surface area (Å²) in [7, 11) is 0. The summed E-state index contributed by atoms with van der Waals surface area (Å²) in [4.78, 5) is 15.4. The van der Waals surface area contributed by atoms with Crippen LogP contribution in [0.3, 0.4) is 0 Å². The first-order chi connectivity index (χ1) is 8.29. The number of Topliss-reactive ketones (excluding diaryl/α,β-unsaturated/α-hetero) is 1. The summed E-state index contributed by atoms with van der Waals surface area (Å²) >= 11 is 0. The van der Waals surface area contributed by atoms with E-state index < -0.39 is 11.7 Å². The first-order valence-electron chi connectivity index (χ1n) is 5.28. The fourth-order valence-electron chi connectivity index (χ4n) is 1.80. The number of nitrogens with zero attached hydrogens (tertiary/aromatic N) is 1. The maximum absolute atomic E-state index is 12.5. The first kappa shape index (κ1) is 12.5. The Labute approximate surface area is 101 Å². The van der Waals surface area contributed by atoms with Crippen LogP contribution in [-0.4, -0.2) is 10.8 Å². The molecular weight excluding hydrogens is 243 g/mol. The lowest BCUT2D eigenvalue weighted by molar-refractivity contribution is -0.137. The summed E-state index contributed by atoms with van der Waals surface area (Å²) in [6, 6.07) is 4.88. The molecule has 1 aromatic carbocycles. The van der Waals surface area contributed by atoms with Crippen molar-refractivity contribution in [1.82, 2.24) is 4.98 Å². The molecule has 0 aliphatic heterocycles. The normalized spacial score (nSPS) is 11.8. The highest BCUT2D eigenvalue weighted by Gasteiger charge is 2.30. The molecule has 0 radical (unpaired) electrons. The fourth-order valence-corrected chi connectivity index (χ4v) is 1.80. The number of halogens is 3. The van der Waals surface area contributed by atoms with Crippen LogP contribution >= 0.6 is 0 Å². The van der Waals surface area contributed by atoms with Crippen LogP contribution in [0.15, 0.2) is 24.3 Å². The number of benzene rings is 1. The maximum Gasteiger partial charge on any atom is 0.416 e. The summed E-state index contributed by atoms with van der Waals surface area (Å²) < 4.78 is 37.6. The number of hydrogen-bond donors (Lipinski definition) is 0. The van der Waals surface area contributed by atoms with E-state index >= 15 is 0 Å². The molecule has 2 rings (SSSR count). The Morgan fingerprint density at radius 1 is 1.22 bits per heavy atom. The number of aromatic nitrogens is 1. The Hall–Kier alpha value is -1.91. The zero-order valence-electron chi connectivity index (χ0n) is 9.80. The molecule has 0 unspecified atom stereocenters. The van der Waals surface area contributed by atoms with E-state index in [2.05, 4.69) is 4.98 Å². The molecule has 1 aromatic heterocycles. The standard InChI is InChI=1S/C13H10F3NO/c1-7-11(8(2)18)5-9-3-4-10(13(14,15)16)6-12(9)17-7/h3-6H,1-2H3. The van der Waals surface area contributed by atoms with Crippen molar-refractivity contribution in [3.63, 3.8) is 0 Å². The maximum atomic E-state index is 12.5. The molecule has 0 bridgehead atoms. The number of carbonyl (C=O) groups is 1. The largest absolute Gasteiger partial charge is 0.416 e. The molecule has 1 heterocycles. The second-order valence-corrected chi connectivity index (χ2v) is 4.08. The first-order valence-corrected chi connectivity index (χ1v) is 5.28. The number of pyridine rings is 1. The minimum absolute atomic E-state index is 0.151. The van der Waals surface area contributed by atoms with Gasteiger partial charge < -0.3 is 0 Å². The van der Waals surface area contributed by atoms with Crippen molar-refractivity contribution in [2.24, 2.45) is 0 Å². The van der Waals surface area contributed by atoms with Gasteiger partial charge in [0, 0.05) is 16.6 Å². The zero-order chi connectivity index (χ0) is 13.5. The molecule has 2 aromatic rings. The summed E-state index contributed by atoms with van der Waals surface area (Å²) in [5.41, 5.74) is 0.376. The van der Waals surface area contributed by atoms with Gasteiger partial charge in [-0.1, -0.05) is 6.07 Å². The van der Waals surface area contributed by atoms with E-state index in [1.807, 2.05) is 0 Å². The molecular formula is C13H10F3NO. The van der Waals surface area contributed by atoms with E-state index in [0.717, 1.165) is 12.1 Å². The minimum Gasteiger partial charge on any atom is -0.294 e. The Kier molecular flexibility index (Phi) is 2.84. The van der Waals surface area contributed by atoms with Crippen LogP contribution in [0.25, 0.3) is 10.9 Å². The number of hydrogen-bond acceptors (Lipinski definition) is 2. The molecule has 0 saturated carbocycles. The second kappa shape index (κ2) is 4.08. The fraction of sp³-hybridized carbons (Fsp3) is 0.231. The Bertz CT molecular complexity index is 632. The zero-order valence-corrected chi connectivity index (χ0v) is 9.80. The van der Waals surface area contributed by atoms with Crippen molar-refractivity contribution in [2.45, 2.75) is 20.0 Å². The van der Waals surface area contributed by atoms with Crippen LogP contribution in [0.2, 0.25) is 0 Å². The van der Waals surface area contributed by atoms with Gasteiger partial charge in [-0.25, -0.2) is 0 Å². The summed E-state index contributed by atoms with van der Waals surface area (Å²) in [6.07, 6.45) is -4.39. The van der Waals surface area contributed by atoms with Gasteiger partial charge in [0.25, 0.3) is 0 Å². The molecule has 0 amide bonds. The van der Waals surface area contributed by atoms with Gasteiger partial charge in [-0.15, -0.1) is 0 Å². The van der Waals surface area contributed by atoms with Crippen LogP contribution in [-0.2, 0) is 6.18 Å². The quantitative estimate of drug-likeness (QED) is 0.724. The molecule has 0 saturated heterocycles. The predicted molar refractivity (Wildman–Crippen MR) is 61.5 cm³/mol. The lowest BCUT2D eigenvalue weighted by Gasteiger charge is -2.09. The third-order valence-corrected chi connectivity index (χ3v) is 2.71. The molecule has 2 nitrogen and oxygen atoms in total. The van der Waals surface area contributed by atoms with E-state index in [1.165, 1.54) is 13.0 Å². The number of aryl methyl sites for hydroxylation is 1. The van der Waals surface area contributed by atoms with Gasteiger partial charge in [-0.3, -0.25) is 9.78 Å². The average Bonchev–Trinajstić information content (AvgIpc) is 2.25. The highest BCUT2D eigenvalue weighted by molar-refractivity contribution is 5.98. The molecule has 0 atom stereocenters. The molecule has 5 heteroatoms. The van der Waals surface area contributed by atoms with Gasteiger partial charge in [0.1, 0.15) is 0 Å². The van der Waals surface area contributed by atoms with E-state index in [4.69, 9.17) is 0 Å². The molecule has 0 spiro atoms. The van der Waals surface area contributed by atoms with Crippen molar-refractivity contribution in [2.75, 3.05) is 0 Å². The summed E-state index contributed by atoms with van der Waals surface area (Å²) in [6.45, 7) is 3.01. The topological polar surface area (TPSA) is 30.0 Å². The van der Waals surface area contributed by atoms with Crippen molar-refractivity contribution in [1.29, 1.82) is 0 Å². The molecule has 94 valence electrons. The highest BCUT2D eigenvalue weighted by atomic mass is 19.4. The molecule has 0 N–H and O–H groups in total. The van der Waals surface area contributed by atoms with E-state index in [0.29, 0.717) is 16.6 Å². The number of ketones is 1. The third kappa shape index (κ3) is 2.20. The third-order valence-electron chi connectivity index (χ3n) is 2.71. The Balaban J connectivity index is 2.67. The van der Waals surface area contributed by atoms with E-state index in [9.17, 15) is 18.0 Å². The lowest BCUT2D eigenvalue weighted by atomic mass is 10.1. The number of fused-ring (bicyclic) bond motifs is 1. The van der Waals surface area contributed by atoms with Gasteiger partial charge in [-0.2, -0.15) is 13.2 Å². The lowest BCUT2D eigenvalue weighted by Crippen LogP contribution is -2.05. The van der Waals surface area contributed by atoms with Crippen molar-refractivity contribution < 1.29 is 18.0 Å². The average molecular weight is 253 g/mol. The molecule has 0 aliphatic carbocycles. The van der Waals surface area contributed by atoms with Gasteiger partial charge in [0.2, 0.25) is 0 Å². The van der Waals surface area contributed by atoms with Gasteiger partial charge in [0.15, 0.2) is 5.78 Å². The Morgan fingerprint density at radius 3 is 2.44 bits per heavy atom. The van der Waals surface area contributed by atoms with E-state index in [-0.39, 0.29) is 11.3 Å². The smallest absolute Gasteiger partial charge is 0.294 e. The number of alkyl halides is 3. The number of carbonyl (C=O) groups excluding carboxylic acids is 1. The monoisotopic (exact) mass is 253 g/mol. The summed E-state index contributed by atoms with van der Waals surface area (Å²) in [5.74, 6) is -0.151. The predicted octanol–water partition coefficient (Wildman–Crippen LogP) is 3.76. The molecule has 0 aliphatic rings. The van der Waals surface area contributed by atoms with Crippen LogP contribution in [0.1, 0.15) is 28.5 Å². The van der Waals surface area contributed by atoms with Gasteiger partial charge >= 0.3 is 6.18 Å². The van der Waals surface area contributed by atoms with E-state index in [1.54, 1.807) is 13.0 Å². The molecule has 18 heavy (non-hydrogen) atoms. The Morgan fingerprint density at radius 2 is 1.89 bits per heavy atom. The SMILES string of the molecule is CC(=O)c1cc2ccc(C(F)(F)F)cc2nc1C. The van der Waals surface area contributed by atoms with Crippen LogP contribution in [0.4, 0.5) is 13.2 Å². The molecule has 0 fully saturated rings. The summed E-state index contributed by atoms with van der Waals surface area (Å²) in [5, 5.41) is 0.527. The van der Waals surface area contributed by atoms with Crippen LogP contribution in [0, 0.1) is 6.92 Å². The highest BCUT2D eigenvalue weighted by Crippen LogP contribution is 2.31. The van der Waals surface area contributed by atoms with Gasteiger partial charge in [-0.05, 0) is 32.0 Å². The van der Waals surface area contributed by atoms with Crippen molar-refractivity contribution in [3.8, 4) is 0 Å². The second-order valence-electron chi connectivity index (χ2n) is 4.08. The van der Waals surface area contributed by atoms with Gasteiger partial charge in [0.05, 0.1) is 11.1 Å². The minimum atomic E-state index is -4.39. The van der Waals surface area contributed by atoms with Crippen molar-refractivity contribution in [3.05, 3.63) is 41.1 Å². The van der Waals surface area contributed by atoms with Crippen molar-refractivity contribution >= 4 is 16.7 Å². The van der Waals surface area contributed by atoms with Crippen LogP contribution < -0.4 is 0 Å². The number of rotatable bonds is 1. The van der Waals surface area contributed by atoms with Crippen LogP contribution in [0.5, 0.6) is 0 Å².